The lowest BCUT2D eigenvalue weighted by Gasteiger charge is -2.16. The molecule has 0 atom stereocenters. The van der Waals surface area contributed by atoms with E-state index in [9.17, 15) is 8.42 Å². The average Bonchev–Trinajstić information content (AvgIpc) is 2.83. The third-order valence-corrected chi connectivity index (χ3v) is 5.22. The van der Waals surface area contributed by atoms with Gasteiger partial charge in [0.2, 0.25) is 0 Å². The second-order valence-corrected chi connectivity index (χ2v) is 6.24. The molecule has 84 valence electrons. The molecule has 0 saturated carbocycles. The van der Waals surface area contributed by atoms with Crippen molar-refractivity contribution < 1.29 is 8.42 Å². The van der Waals surface area contributed by atoms with E-state index in [1.54, 1.807) is 41.9 Å². The van der Waals surface area contributed by atoms with E-state index in [0.29, 0.717) is 10.0 Å². The number of sulfonamides is 1. The minimum absolute atomic E-state index is 0.320. The zero-order chi connectivity index (χ0) is 11.6. The summed E-state index contributed by atoms with van der Waals surface area (Å²) in [6.45, 7) is 0. The summed E-state index contributed by atoms with van der Waals surface area (Å²) in [7, 11) is -1.96. The molecule has 0 radical (unpaired) electrons. The van der Waals surface area contributed by atoms with Crippen LogP contribution < -0.4 is 4.31 Å². The molecule has 16 heavy (non-hydrogen) atoms. The van der Waals surface area contributed by atoms with Gasteiger partial charge in [0.15, 0.2) is 0 Å². The summed E-state index contributed by atoms with van der Waals surface area (Å²) >= 11 is 1.20. The zero-order valence-corrected chi connectivity index (χ0v) is 10.2. The molecule has 2 aromatic rings. The normalized spacial score (nSPS) is 11.3. The van der Waals surface area contributed by atoms with Gasteiger partial charge >= 0.3 is 0 Å². The number of aromatic nitrogens is 1. The van der Waals surface area contributed by atoms with Gasteiger partial charge in [0, 0.05) is 13.2 Å². The molecule has 0 aliphatic heterocycles. The molecule has 0 bridgehead atoms. The molecule has 0 aliphatic carbocycles. The van der Waals surface area contributed by atoms with Crippen LogP contribution in [0, 0.1) is 0 Å². The van der Waals surface area contributed by atoms with Crippen molar-refractivity contribution in [2.45, 2.75) is 4.21 Å². The Labute approximate surface area is 98.2 Å². The highest BCUT2D eigenvalue weighted by atomic mass is 32.2. The Bertz CT molecular complexity index is 550. The van der Waals surface area contributed by atoms with Crippen molar-refractivity contribution in [1.29, 1.82) is 0 Å². The van der Waals surface area contributed by atoms with Crippen LogP contribution in [0.4, 0.5) is 5.82 Å². The fourth-order valence-corrected chi connectivity index (χ4v) is 3.52. The minimum atomic E-state index is -3.46. The van der Waals surface area contributed by atoms with Gasteiger partial charge in [0.1, 0.15) is 10.0 Å². The quantitative estimate of drug-likeness (QED) is 0.841. The van der Waals surface area contributed by atoms with E-state index < -0.39 is 10.0 Å². The van der Waals surface area contributed by atoms with Crippen LogP contribution in [0.25, 0.3) is 0 Å². The van der Waals surface area contributed by atoms with Gasteiger partial charge in [0.25, 0.3) is 10.0 Å². The average molecular weight is 254 g/mol. The van der Waals surface area contributed by atoms with Crippen molar-refractivity contribution in [3.05, 3.63) is 41.9 Å². The molecule has 0 aromatic carbocycles. The summed E-state index contributed by atoms with van der Waals surface area (Å²) in [5.74, 6) is 0.413. The van der Waals surface area contributed by atoms with Crippen LogP contribution in [-0.4, -0.2) is 20.4 Å². The molecule has 0 N–H and O–H groups in total. The lowest BCUT2D eigenvalue weighted by Crippen LogP contribution is -2.26. The first kappa shape index (κ1) is 11.1. The van der Waals surface area contributed by atoms with E-state index in [1.165, 1.54) is 22.7 Å². The number of nitrogens with zero attached hydrogens (tertiary/aromatic N) is 2. The van der Waals surface area contributed by atoms with Gasteiger partial charge in [-0.1, -0.05) is 12.1 Å². The molecular weight excluding hydrogens is 244 g/mol. The highest BCUT2D eigenvalue weighted by molar-refractivity contribution is 7.94. The molecule has 0 aliphatic rings. The zero-order valence-electron chi connectivity index (χ0n) is 8.57. The van der Waals surface area contributed by atoms with Crippen LogP contribution in [0.2, 0.25) is 0 Å². The Kier molecular flexibility index (Phi) is 2.93. The van der Waals surface area contributed by atoms with E-state index in [2.05, 4.69) is 4.98 Å². The molecular formula is C10H10N2O2S2. The van der Waals surface area contributed by atoms with Gasteiger partial charge in [-0.05, 0) is 23.6 Å². The Balaban J connectivity index is 2.40. The molecule has 2 heterocycles. The molecule has 6 heteroatoms. The smallest absolute Gasteiger partial charge is 0.252 e. The van der Waals surface area contributed by atoms with Gasteiger partial charge < -0.3 is 0 Å². The Morgan fingerprint density at radius 2 is 2.06 bits per heavy atom. The summed E-state index contributed by atoms with van der Waals surface area (Å²) in [5, 5.41) is 1.74. The second-order valence-electron chi connectivity index (χ2n) is 3.09. The van der Waals surface area contributed by atoms with E-state index in [4.69, 9.17) is 0 Å². The van der Waals surface area contributed by atoms with E-state index in [1.807, 2.05) is 0 Å². The first-order valence-corrected chi connectivity index (χ1v) is 6.88. The van der Waals surface area contributed by atoms with Crippen molar-refractivity contribution in [3.8, 4) is 0 Å². The predicted molar refractivity (Wildman–Crippen MR) is 64.1 cm³/mol. The maximum atomic E-state index is 12.1. The van der Waals surface area contributed by atoms with Gasteiger partial charge in [-0.25, -0.2) is 13.4 Å². The number of anilines is 1. The van der Waals surface area contributed by atoms with E-state index >= 15 is 0 Å². The van der Waals surface area contributed by atoms with Crippen molar-refractivity contribution in [1.82, 2.24) is 4.98 Å². The topological polar surface area (TPSA) is 50.3 Å². The molecule has 0 spiro atoms. The third kappa shape index (κ3) is 1.94. The van der Waals surface area contributed by atoms with Gasteiger partial charge in [-0.15, -0.1) is 11.3 Å². The maximum absolute atomic E-state index is 12.1. The summed E-state index contributed by atoms with van der Waals surface area (Å²) in [6.07, 6.45) is 1.57. The molecule has 0 fully saturated rings. The van der Waals surface area contributed by atoms with Crippen LogP contribution in [0.15, 0.2) is 46.1 Å². The third-order valence-electron chi connectivity index (χ3n) is 2.08. The number of hydrogen-bond acceptors (Lipinski definition) is 4. The monoisotopic (exact) mass is 254 g/mol. The highest BCUT2D eigenvalue weighted by Crippen LogP contribution is 2.23. The SMILES string of the molecule is CN(c1ccccn1)S(=O)(=O)c1cccs1. The van der Waals surface area contributed by atoms with Crippen molar-refractivity contribution in [3.63, 3.8) is 0 Å². The van der Waals surface area contributed by atoms with Crippen molar-refractivity contribution >= 4 is 27.2 Å². The fraction of sp³-hybridized carbons (Fsp3) is 0.100. The first-order chi connectivity index (χ1) is 7.62. The lowest BCUT2D eigenvalue weighted by molar-refractivity contribution is 0.596. The van der Waals surface area contributed by atoms with E-state index in [0.717, 1.165) is 0 Å². The van der Waals surface area contributed by atoms with Crippen LogP contribution in [0.1, 0.15) is 0 Å². The molecule has 0 unspecified atom stereocenters. The van der Waals surface area contributed by atoms with Crippen molar-refractivity contribution in [2.24, 2.45) is 0 Å². The lowest BCUT2D eigenvalue weighted by atomic mass is 10.5. The van der Waals surface area contributed by atoms with Crippen LogP contribution in [0.3, 0.4) is 0 Å². The Hall–Kier alpha value is -1.40. The van der Waals surface area contributed by atoms with E-state index in [-0.39, 0.29) is 0 Å². The fourth-order valence-electron chi connectivity index (χ4n) is 1.21. The van der Waals surface area contributed by atoms with Gasteiger partial charge in [-0.2, -0.15) is 0 Å². The van der Waals surface area contributed by atoms with Gasteiger partial charge in [-0.3, -0.25) is 4.31 Å². The Morgan fingerprint density at radius 1 is 1.25 bits per heavy atom. The maximum Gasteiger partial charge on any atom is 0.274 e. The number of thiophene rings is 1. The van der Waals surface area contributed by atoms with Crippen molar-refractivity contribution in [2.75, 3.05) is 11.4 Å². The second kappa shape index (κ2) is 4.23. The summed E-state index contributed by atoms with van der Waals surface area (Å²) in [5.41, 5.74) is 0. The summed E-state index contributed by atoms with van der Waals surface area (Å²) < 4.78 is 25.7. The summed E-state index contributed by atoms with van der Waals surface area (Å²) in [4.78, 5) is 4.01. The number of pyridine rings is 1. The predicted octanol–water partition coefficient (Wildman–Crippen LogP) is 1.97. The number of hydrogen-bond donors (Lipinski definition) is 0. The molecule has 0 saturated heterocycles. The molecule has 2 rings (SSSR count). The Morgan fingerprint density at radius 3 is 2.62 bits per heavy atom. The number of rotatable bonds is 3. The van der Waals surface area contributed by atoms with Crippen LogP contribution in [-0.2, 0) is 10.0 Å². The molecule has 0 amide bonds. The van der Waals surface area contributed by atoms with Gasteiger partial charge in [0.05, 0.1) is 0 Å². The largest absolute Gasteiger partial charge is 0.274 e. The molecule has 2 aromatic heterocycles. The summed E-state index contributed by atoms with van der Waals surface area (Å²) in [6, 6.07) is 8.45. The van der Waals surface area contributed by atoms with Crippen LogP contribution >= 0.6 is 11.3 Å². The highest BCUT2D eigenvalue weighted by Gasteiger charge is 2.22. The van der Waals surface area contributed by atoms with Crippen LogP contribution in [0.5, 0.6) is 0 Å². The minimum Gasteiger partial charge on any atom is -0.252 e. The first-order valence-electron chi connectivity index (χ1n) is 4.56. The molecule has 4 nitrogen and oxygen atoms in total. The standard InChI is InChI=1S/C10H10N2O2S2/c1-12(9-5-2-3-7-11-9)16(13,14)10-6-4-8-15-10/h2-8H,1H3.